The first-order valence-corrected chi connectivity index (χ1v) is 9.17. The second-order valence-corrected chi connectivity index (χ2v) is 7.12. The first kappa shape index (κ1) is 17.8. The second-order valence-electron chi connectivity index (χ2n) is 7.12. The largest absolute Gasteiger partial charge is 0.379 e. The summed E-state index contributed by atoms with van der Waals surface area (Å²) in [5.74, 6) is 0.154. The summed E-state index contributed by atoms with van der Waals surface area (Å²) in [5.41, 5.74) is 3.65. The molecule has 0 amide bonds. The van der Waals surface area contributed by atoms with Crippen molar-refractivity contribution in [2.75, 3.05) is 26.3 Å². The lowest BCUT2D eigenvalue weighted by molar-refractivity contribution is -0.121. The molecule has 7 heteroatoms. The minimum atomic E-state index is 0.154. The number of carbonyl (C=O) groups excluding carboxylic acids is 1. The maximum Gasteiger partial charge on any atom is 0.152 e. The second kappa shape index (κ2) is 7.54. The van der Waals surface area contributed by atoms with Gasteiger partial charge in [0.1, 0.15) is 0 Å². The number of ether oxygens (including phenoxy) is 1. The van der Waals surface area contributed by atoms with Crippen LogP contribution in [-0.2, 0) is 23.0 Å². The van der Waals surface area contributed by atoms with E-state index in [2.05, 4.69) is 33.2 Å². The summed E-state index contributed by atoms with van der Waals surface area (Å²) in [5, 5.41) is 13.7. The van der Waals surface area contributed by atoms with Crippen molar-refractivity contribution in [3.63, 3.8) is 0 Å². The molecule has 0 N–H and O–H groups in total. The van der Waals surface area contributed by atoms with Crippen LogP contribution in [0.2, 0.25) is 0 Å². The minimum Gasteiger partial charge on any atom is -0.379 e. The van der Waals surface area contributed by atoms with Crippen LogP contribution in [-0.4, -0.2) is 63.0 Å². The summed E-state index contributed by atoms with van der Waals surface area (Å²) in [6.45, 7) is 4.68. The summed E-state index contributed by atoms with van der Waals surface area (Å²) in [7, 11) is 1.90. The average molecular weight is 365 g/mol. The van der Waals surface area contributed by atoms with Crippen molar-refractivity contribution in [1.29, 1.82) is 0 Å². The monoisotopic (exact) mass is 365 g/mol. The molecular weight excluding hydrogens is 342 g/mol. The number of morpholine rings is 1. The fraction of sp³-hybridized carbons (Fsp3) is 0.400. The Morgan fingerprint density at radius 2 is 2.15 bits per heavy atom. The number of carbonyl (C=O) groups is 1. The number of fused-ring (bicyclic) bond motifs is 1. The van der Waals surface area contributed by atoms with Crippen LogP contribution in [0.4, 0.5) is 0 Å². The van der Waals surface area contributed by atoms with E-state index in [9.17, 15) is 4.79 Å². The number of aromatic nitrogens is 4. The van der Waals surface area contributed by atoms with E-state index in [0.717, 1.165) is 28.6 Å². The predicted molar refractivity (Wildman–Crippen MR) is 102 cm³/mol. The molecule has 2 aromatic heterocycles. The van der Waals surface area contributed by atoms with Crippen molar-refractivity contribution in [3.05, 3.63) is 42.4 Å². The molecule has 0 saturated carbocycles. The van der Waals surface area contributed by atoms with E-state index in [4.69, 9.17) is 4.74 Å². The minimum absolute atomic E-state index is 0.154. The number of hydrogen-bond donors (Lipinski definition) is 0. The van der Waals surface area contributed by atoms with Gasteiger partial charge in [-0.05, 0) is 30.7 Å². The number of aryl methyl sites for hydroxylation is 1. The van der Waals surface area contributed by atoms with Crippen molar-refractivity contribution < 1.29 is 9.53 Å². The van der Waals surface area contributed by atoms with Gasteiger partial charge in [0, 0.05) is 36.8 Å². The Labute approximate surface area is 157 Å². The molecular formula is C20H23N5O2. The normalized spacial score (nSPS) is 18.1. The summed E-state index contributed by atoms with van der Waals surface area (Å²) in [6.07, 6.45) is 4.11. The van der Waals surface area contributed by atoms with E-state index >= 15 is 0 Å². The molecule has 3 aromatic rings. The quantitative estimate of drug-likeness (QED) is 0.687. The smallest absolute Gasteiger partial charge is 0.152 e. The highest BCUT2D eigenvalue weighted by Crippen LogP contribution is 2.23. The third-order valence-electron chi connectivity index (χ3n) is 4.94. The topological polar surface area (TPSA) is 73.1 Å². The maximum atomic E-state index is 12.5. The van der Waals surface area contributed by atoms with Gasteiger partial charge >= 0.3 is 0 Å². The number of benzene rings is 1. The van der Waals surface area contributed by atoms with Crippen LogP contribution in [0.5, 0.6) is 0 Å². The summed E-state index contributed by atoms with van der Waals surface area (Å²) in [4.78, 5) is 14.7. The lowest BCUT2D eigenvalue weighted by atomic mass is 10.1. The van der Waals surface area contributed by atoms with Crippen molar-refractivity contribution in [3.8, 4) is 11.1 Å². The summed E-state index contributed by atoms with van der Waals surface area (Å²) < 4.78 is 7.21. The van der Waals surface area contributed by atoms with E-state index in [1.54, 1.807) is 4.68 Å². The third-order valence-corrected chi connectivity index (χ3v) is 4.94. The van der Waals surface area contributed by atoms with Crippen LogP contribution < -0.4 is 0 Å². The van der Waals surface area contributed by atoms with Gasteiger partial charge in [0.05, 0.1) is 43.6 Å². The predicted octanol–water partition coefficient (Wildman–Crippen LogP) is 1.86. The molecule has 0 aliphatic carbocycles. The molecule has 4 rings (SSSR count). The Balaban J connectivity index is 1.51. The van der Waals surface area contributed by atoms with Crippen LogP contribution in [0.1, 0.15) is 12.6 Å². The number of rotatable bonds is 5. The molecule has 1 saturated heterocycles. The Bertz CT molecular complexity index is 968. The van der Waals surface area contributed by atoms with Crippen molar-refractivity contribution in [2.45, 2.75) is 19.4 Å². The number of Topliss-reactive ketones (excluding diaryl/α,β-unsaturated/α-hetero) is 1. The number of nitrogens with zero attached hydrogens (tertiary/aromatic N) is 5. The molecule has 3 heterocycles. The fourth-order valence-electron chi connectivity index (χ4n) is 3.40. The van der Waals surface area contributed by atoms with Gasteiger partial charge in [0.2, 0.25) is 0 Å². The molecule has 0 radical (unpaired) electrons. The lowest BCUT2D eigenvalue weighted by Crippen LogP contribution is -2.46. The summed E-state index contributed by atoms with van der Waals surface area (Å²) >= 11 is 0. The van der Waals surface area contributed by atoms with Gasteiger partial charge in [-0.3, -0.25) is 14.4 Å². The zero-order chi connectivity index (χ0) is 18.8. The lowest BCUT2D eigenvalue weighted by Gasteiger charge is -2.32. The highest BCUT2D eigenvalue weighted by molar-refractivity contribution is 5.86. The zero-order valence-electron chi connectivity index (χ0n) is 15.6. The van der Waals surface area contributed by atoms with Gasteiger partial charge in [0.25, 0.3) is 0 Å². The van der Waals surface area contributed by atoms with Crippen molar-refractivity contribution in [2.24, 2.45) is 7.05 Å². The van der Waals surface area contributed by atoms with Gasteiger partial charge in [0.15, 0.2) is 5.78 Å². The van der Waals surface area contributed by atoms with Gasteiger partial charge < -0.3 is 4.74 Å². The van der Waals surface area contributed by atoms with E-state index in [1.165, 1.54) is 0 Å². The Kier molecular flexibility index (Phi) is 4.96. The summed E-state index contributed by atoms with van der Waals surface area (Å²) in [6, 6.07) is 8.26. The molecule has 140 valence electrons. The van der Waals surface area contributed by atoms with Crippen LogP contribution in [0.25, 0.3) is 22.0 Å². The van der Waals surface area contributed by atoms with Gasteiger partial charge in [-0.25, -0.2) is 0 Å². The number of hydrogen-bond acceptors (Lipinski definition) is 6. The molecule has 0 bridgehead atoms. The van der Waals surface area contributed by atoms with E-state index in [0.29, 0.717) is 31.9 Å². The van der Waals surface area contributed by atoms with E-state index in [-0.39, 0.29) is 11.8 Å². The SMILES string of the molecule is C[C@@H]1COCCN1CC(=O)Cc1cc2cc(-c3cnn(C)c3)ccc2nn1. The molecule has 0 spiro atoms. The maximum absolute atomic E-state index is 12.5. The molecule has 1 fully saturated rings. The number of ketones is 1. The van der Waals surface area contributed by atoms with Crippen molar-refractivity contribution >= 4 is 16.7 Å². The van der Waals surface area contributed by atoms with E-state index < -0.39 is 0 Å². The Hall–Kier alpha value is -2.64. The average Bonchev–Trinajstić information content (AvgIpc) is 3.09. The highest BCUT2D eigenvalue weighted by Gasteiger charge is 2.21. The molecule has 1 aliphatic rings. The van der Waals surface area contributed by atoms with Crippen molar-refractivity contribution in [1.82, 2.24) is 24.9 Å². The van der Waals surface area contributed by atoms with Crippen LogP contribution >= 0.6 is 0 Å². The Morgan fingerprint density at radius 1 is 1.26 bits per heavy atom. The fourth-order valence-corrected chi connectivity index (χ4v) is 3.40. The Morgan fingerprint density at radius 3 is 2.93 bits per heavy atom. The molecule has 7 nitrogen and oxygen atoms in total. The van der Waals surface area contributed by atoms with E-state index in [1.807, 2.05) is 37.6 Å². The molecule has 27 heavy (non-hydrogen) atoms. The van der Waals surface area contributed by atoms with Crippen LogP contribution in [0.3, 0.4) is 0 Å². The standard InChI is InChI=1S/C20H23N5O2/c1-14-13-27-6-5-25(14)12-19(26)9-18-8-16-7-15(3-4-20(16)23-22-18)17-10-21-24(2)11-17/h3-4,7-8,10-11,14H,5-6,9,12-13H2,1-2H3/t14-/m1/s1. The third kappa shape index (κ3) is 4.04. The zero-order valence-corrected chi connectivity index (χ0v) is 15.6. The first-order chi connectivity index (χ1) is 13.1. The van der Waals surface area contributed by atoms with Crippen LogP contribution in [0, 0.1) is 0 Å². The van der Waals surface area contributed by atoms with Gasteiger partial charge in [-0.1, -0.05) is 6.07 Å². The van der Waals surface area contributed by atoms with Crippen LogP contribution in [0.15, 0.2) is 36.7 Å². The van der Waals surface area contributed by atoms with Gasteiger partial charge in [-0.2, -0.15) is 15.3 Å². The molecule has 0 unspecified atom stereocenters. The first-order valence-electron chi connectivity index (χ1n) is 9.17. The molecule has 1 aromatic carbocycles. The highest BCUT2D eigenvalue weighted by atomic mass is 16.5. The molecule has 1 aliphatic heterocycles. The van der Waals surface area contributed by atoms with Gasteiger partial charge in [-0.15, -0.1) is 0 Å². The molecule has 1 atom stereocenters.